The number of para-hydroxylation sites is 1. The zero-order valence-electron chi connectivity index (χ0n) is 11.6. The van der Waals surface area contributed by atoms with Gasteiger partial charge < -0.3 is 4.74 Å². The molecule has 0 aromatic heterocycles. The quantitative estimate of drug-likeness (QED) is 0.728. The molecule has 3 nitrogen and oxygen atoms in total. The van der Waals surface area contributed by atoms with E-state index in [1.54, 1.807) is 0 Å². The average molecular weight is 258 g/mol. The summed E-state index contributed by atoms with van der Waals surface area (Å²) in [5, 5.41) is 12.7. The van der Waals surface area contributed by atoms with Gasteiger partial charge in [-0.1, -0.05) is 18.2 Å². The van der Waals surface area contributed by atoms with Crippen molar-refractivity contribution in [3.05, 3.63) is 30.3 Å². The van der Waals surface area contributed by atoms with Crippen LogP contribution in [0.4, 0.5) is 0 Å². The van der Waals surface area contributed by atoms with Gasteiger partial charge in [0.25, 0.3) is 0 Å². The van der Waals surface area contributed by atoms with E-state index in [1.807, 2.05) is 37.3 Å². The molecule has 0 amide bonds. The largest absolute Gasteiger partial charge is 0.494 e. The summed E-state index contributed by atoms with van der Waals surface area (Å²) in [7, 11) is 0. The van der Waals surface area contributed by atoms with Gasteiger partial charge in [-0.15, -0.1) is 0 Å². The van der Waals surface area contributed by atoms with Crippen molar-refractivity contribution in [2.24, 2.45) is 0 Å². The van der Waals surface area contributed by atoms with E-state index in [0.29, 0.717) is 6.04 Å². The molecule has 1 aliphatic rings. The Hall–Kier alpha value is -1.53. The Morgan fingerprint density at radius 3 is 2.68 bits per heavy atom. The second-order valence-corrected chi connectivity index (χ2v) is 5.48. The third kappa shape index (κ3) is 4.92. The van der Waals surface area contributed by atoms with Crippen LogP contribution < -0.4 is 10.1 Å². The van der Waals surface area contributed by atoms with E-state index in [0.717, 1.165) is 31.6 Å². The van der Waals surface area contributed by atoms with Crippen molar-refractivity contribution in [3.63, 3.8) is 0 Å². The number of benzene rings is 1. The van der Waals surface area contributed by atoms with Crippen molar-refractivity contribution in [2.45, 2.75) is 50.6 Å². The zero-order valence-corrected chi connectivity index (χ0v) is 11.6. The van der Waals surface area contributed by atoms with E-state index < -0.39 is 0 Å². The van der Waals surface area contributed by atoms with E-state index in [9.17, 15) is 5.26 Å². The van der Waals surface area contributed by atoms with Crippen molar-refractivity contribution in [1.82, 2.24) is 5.32 Å². The normalized spacial score (nSPS) is 17.5. The number of nitrogens with zero attached hydrogens (tertiary/aromatic N) is 1. The number of unbranched alkanes of at least 4 members (excludes halogenated alkanes) is 1. The highest BCUT2D eigenvalue weighted by molar-refractivity contribution is 5.20. The molecule has 0 spiro atoms. The molecule has 0 heterocycles. The van der Waals surface area contributed by atoms with E-state index >= 15 is 0 Å². The van der Waals surface area contributed by atoms with Crippen molar-refractivity contribution < 1.29 is 4.74 Å². The molecule has 1 atom stereocenters. The number of hydrogen-bond donors (Lipinski definition) is 1. The van der Waals surface area contributed by atoms with Crippen molar-refractivity contribution >= 4 is 0 Å². The first-order valence-corrected chi connectivity index (χ1v) is 7.09. The first kappa shape index (κ1) is 13.9. The minimum atomic E-state index is -0.367. The number of nitriles is 1. The van der Waals surface area contributed by atoms with Crippen LogP contribution in [0, 0.1) is 11.3 Å². The minimum Gasteiger partial charge on any atom is -0.494 e. The van der Waals surface area contributed by atoms with Gasteiger partial charge in [0.15, 0.2) is 0 Å². The summed E-state index contributed by atoms with van der Waals surface area (Å²) < 4.78 is 5.64. The topological polar surface area (TPSA) is 45.0 Å². The lowest BCUT2D eigenvalue weighted by molar-refractivity contribution is 0.295. The number of hydrogen-bond acceptors (Lipinski definition) is 3. The molecule has 19 heavy (non-hydrogen) atoms. The molecule has 1 aromatic carbocycles. The maximum atomic E-state index is 9.25. The van der Waals surface area contributed by atoms with Crippen molar-refractivity contribution in [3.8, 4) is 11.8 Å². The standard InChI is InChI=1S/C16H22N2O/c1-16(13-17,18-14-9-10-14)11-5-6-12-19-15-7-3-2-4-8-15/h2-4,7-8,14,18H,5-6,9-12H2,1H3. The molecule has 1 fully saturated rings. The van der Waals surface area contributed by atoms with Gasteiger partial charge >= 0.3 is 0 Å². The molecule has 2 rings (SSSR count). The molecule has 1 N–H and O–H groups in total. The Balaban J connectivity index is 1.61. The molecule has 0 saturated heterocycles. The molecule has 102 valence electrons. The van der Waals surface area contributed by atoms with Crippen LogP contribution in [0.1, 0.15) is 39.0 Å². The fourth-order valence-electron chi connectivity index (χ4n) is 2.13. The van der Waals surface area contributed by atoms with Crippen LogP contribution in [0.3, 0.4) is 0 Å². The lowest BCUT2D eigenvalue weighted by atomic mass is 9.96. The van der Waals surface area contributed by atoms with Gasteiger partial charge in [-0.3, -0.25) is 5.32 Å². The van der Waals surface area contributed by atoms with Crippen LogP contribution in [0.2, 0.25) is 0 Å². The molecule has 0 bridgehead atoms. The Labute approximate surface area is 115 Å². The average Bonchev–Trinajstić information content (AvgIpc) is 3.23. The van der Waals surface area contributed by atoms with Crippen LogP contribution in [0.5, 0.6) is 5.75 Å². The first-order valence-electron chi connectivity index (χ1n) is 7.09. The fourth-order valence-corrected chi connectivity index (χ4v) is 2.13. The third-order valence-electron chi connectivity index (χ3n) is 3.43. The van der Waals surface area contributed by atoms with Gasteiger partial charge in [0.1, 0.15) is 11.3 Å². The summed E-state index contributed by atoms with van der Waals surface area (Å²) in [5.41, 5.74) is -0.367. The summed E-state index contributed by atoms with van der Waals surface area (Å²) in [6, 6.07) is 12.8. The van der Waals surface area contributed by atoms with Gasteiger partial charge in [-0.25, -0.2) is 0 Å². The van der Waals surface area contributed by atoms with Crippen LogP contribution >= 0.6 is 0 Å². The second-order valence-electron chi connectivity index (χ2n) is 5.48. The monoisotopic (exact) mass is 258 g/mol. The number of ether oxygens (including phenoxy) is 1. The number of rotatable bonds is 8. The minimum absolute atomic E-state index is 0.367. The maximum absolute atomic E-state index is 9.25. The molecule has 1 aliphatic carbocycles. The molecular formula is C16H22N2O. The zero-order chi connectivity index (χ0) is 13.6. The van der Waals surface area contributed by atoms with Crippen LogP contribution in [-0.2, 0) is 0 Å². The van der Waals surface area contributed by atoms with Gasteiger partial charge in [-0.05, 0) is 51.2 Å². The summed E-state index contributed by atoms with van der Waals surface area (Å²) in [6.07, 6.45) is 5.32. The third-order valence-corrected chi connectivity index (χ3v) is 3.43. The first-order chi connectivity index (χ1) is 9.22. The highest BCUT2D eigenvalue weighted by atomic mass is 16.5. The Morgan fingerprint density at radius 2 is 2.05 bits per heavy atom. The van der Waals surface area contributed by atoms with E-state index in [-0.39, 0.29) is 5.54 Å². The molecule has 1 saturated carbocycles. The molecule has 1 unspecified atom stereocenters. The summed E-state index contributed by atoms with van der Waals surface area (Å²) in [4.78, 5) is 0. The van der Waals surface area contributed by atoms with Crippen molar-refractivity contribution in [2.75, 3.05) is 6.61 Å². The molecule has 1 aromatic rings. The Kier molecular flexibility index (Phi) is 4.81. The number of nitrogens with one attached hydrogen (secondary N) is 1. The predicted molar refractivity (Wildman–Crippen MR) is 76.0 cm³/mol. The van der Waals surface area contributed by atoms with E-state index in [1.165, 1.54) is 12.8 Å². The second kappa shape index (κ2) is 6.58. The predicted octanol–water partition coefficient (Wildman–Crippen LogP) is 3.27. The van der Waals surface area contributed by atoms with Gasteiger partial charge in [0.05, 0.1) is 12.7 Å². The molecule has 3 heteroatoms. The lowest BCUT2D eigenvalue weighted by Gasteiger charge is -2.23. The van der Waals surface area contributed by atoms with Crippen LogP contribution in [-0.4, -0.2) is 18.2 Å². The van der Waals surface area contributed by atoms with Gasteiger partial charge in [0, 0.05) is 6.04 Å². The highest BCUT2D eigenvalue weighted by Crippen LogP contribution is 2.24. The smallest absolute Gasteiger partial charge is 0.119 e. The highest BCUT2D eigenvalue weighted by Gasteiger charge is 2.31. The van der Waals surface area contributed by atoms with Gasteiger partial charge in [0.2, 0.25) is 0 Å². The summed E-state index contributed by atoms with van der Waals surface area (Å²) >= 11 is 0. The molecular weight excluding hydrogens is 236 g/mol. The van der Waals surface area contributed by atoms with Crippen LogP contribution in [0.25, 0.3) is 0 Å². The molecule has 0 aliphatic heterocycles. The maximum Gasteiger partial charge on any atom is 0.119 e. The van der Waals surface area contributed by atoms with E-state index in [4.69, 9.17) is 4.74 Å². The van der Waals surface area contributed by atoms with Crippen LogP contribution in [0.15, 0.2) is 30.3 Å². The Bertz CT molecular complexity index is 422. The van der Waals surface area contributed by atoms with Crippen molar-refractivity contribution in [1.29, 1.82) is 5.26 Å². The van der Waals surface area contributed by atoms with Gasteiger partial charge in [-0.2, -0.15) is 5.26 Å². The molecule has 0 radical (unpaired) electrons. The Morgan fingerprint density at radius 1 is 1.32 bits per heavy atom. The summed E-state index contributed by atoms with van der Waals surface area (Å²) in [6.45, 7) is 2.72. The lowest BCUT2D eigenvalue weighted by Crippen LogP contribution is -2.42. The fraction of sp³-hybridized carbons (Fsp3) is 0.562. The van der Waals surface area contributed by atoms with E-state index in [2.05, 4.69) is 11.4 Å². The summed E-state index contributed by atoms with van der Waals surface area (Å²) in [5.74, 6) is 0.918. The SMILES string of the molecule is CC(C#N)(CCCCOc1ccccc1)NC1CC1.